The number of alkyl halides is 3. The van der Waals surface area contributed by atoms with E-state index in [9.17, 15) is 13.2 Å². The van der Waals surface area contributed by atoms with Gasteiger partial charge in [-0.15, -0.1) is 0 Å². The monoisotopic (exact) mass is 358 g/mol. The Hall–Kier alpha value is -1.56. The molecule has 1 unspecified atom stereocenters. The molecule has 0 aliphatic rings. The van der Waals surface area contributed by atoms with E-state index in [0.717, 1.165) is 28.0 Å². The summed E-state index contributed by atoms with van der Waals surface area (Å²) in [6, 6.07) is 6.96. The van der Waals surface area contributed by atoms with Crippen LogP contribution in [0.15, 0.2) is 41.1 Å². The molecule has 0 radical (unpaired) electrons. The minimum atomic E-state index is -4.33. The molecule has 21 heavy (non-hydrogen) atoms. The Balaban J connectivity index is 2.20. The maximum Gasteiger partial charge on any atom is 0.416 e. The van der Waals surface area contributed by atoms with Crippen molar-refractivity contribution in [3.63, 3.8) is 0 Å². The number of aromatic nitrogens is 1. The molecular weight excluding hydrogens is 345 g/mol. The summed E-state index contributed by atoms with van der Waals surface area (Å²) in [5.41, 5.74) is 1.65. The van der Waals surface area contributed by atoms with Crippen molar-refractivity contribution < 1.29 is 13.2 Å². The number of nitrogens with one attached hydrogen (secondary N) is 1. The van der Waals surface area contributed by atoms with E-state index in [0.29, 0.717) is 5.56 Å². The first-order valence-corrected chi connectivity index (χ1v) is 7.12. The summed E-state index contributed by atoms with van der Waals surface area (Å²) in [5, 5.41) is 3.15. The van der Waals surface area contributed by atoms with Crippen molar-refractivity contribution in [3.05, 3.63) is 57.8 Å². The molecule has 0 fully saturated rings. The second kappa shape index (κ2) is 6.05. The molecule has 1 atom stereocenters. The predicted octanol–water partition coefficient (Wildman–Crippen LogP) is 5.34. The lowest BCUT2D eigenvalue weighted by Crippen LogP contribution is -2.10. The van der Waals surface area contributed by atoms with Gasteiger partial charge in [0.15, 0.2) is 0 Å². The Morgan fingerprint density at radius 3 is 2.57 bits per heavy atom. The highest BCUT2D eigenvalue weighted by Gasteiger charge is 2.30. The maximum atomic E-state index is 12.7. The summed E-state index contributed by atoms with van der Waals surface area (Å²) in [5.74, 6) is 0. The largest absolute Gasteiger partial charge is 0.416 e. The first-order valence-electron chi connectivity index (χ1n) is 6.33. The van der Waals surface area contributed by atoms with Crippen LogP contribution in [0.25, 0.3) is 0 Å². The Morgan fingerprint density at radius 2 is 1.95 bits per heavy atom. The van der Waals surface area contributed by atoms with Crippen molar-refractivity contribution in [2.45, 2.75) is 26.1 Å². The summed E-state index contributed by atoms with van der Waals surface area (Å²) in [4.78, 5) is 4.16. The van der Waals surface area contributed by atoms with E-state index in [1.165, 1.54) is 6.07 Å². The smallest absolute Gasteiger partial charge is 0.377 e. The van der Waals surface area contributed by atoms with Crippen LogP contribution in [0.2, 0.25) is 0 Å². The molecular formula is C15H14BrF3N2. The first kappa shape index (κ1) is 15.8. The molecule has 0 bridgehead atoms. The zero-order chi connectivity index (χ0) is 15.6. The standard InChI is InChI=1S/C15H14BrF3N2/c1-9-6-13(8-20-14(9)16)21-10(2)11-4-3-5-12(7-11)15(17,18)19/h3-8,10,21H,1-2H3. The average Bonchev–Trinajstić information content (AvgIpc) is 2.42. The fourth-order valence-electron chi connectivity index (χ4n) is 1.95. The van der Waals surface area contributed by atoms with Crippen molar-refractivity contribution in [2.24, 2.45) is 0 Å². The van der Waals surface area contributed by atoms with Crippen LogP contribution in [0.4, 0.5) is 18.9 Å². The molecule has 112 valence electrons. The lowest BCUT2D eigenvalue weighted by molar-refractivity contribution is -0.137. The topological polar surface area (TPSA) is 24.9 Å². The second-order valence-corrected chi connectivity index (χ2v) is 5.57. The number of halogens is 4. The summed E-state index contributed by atoms with van der Waals surface area (Å²) in [7, 11) is 0. The average molecular weight is 359 g/mol. The van der Waals surface area contributed by atoms with Crippen molar-refractivity contribution in [1.82, 2.24) is 4.98 Å². The molecule has 1 N–H and O–H groups in total. The lowest BCUT2D eigenvalue weighted by Gasteiger charge is -2.17. The second-order valence-electron chi connectivity index (χ2n) is 4.82. The van der Waals surface area contributed by atoms with Crippen molar-refractivity contribution in [2.75, 3.05) is 5.32 Å². The van der Waals surface area contributed by atoms with E-state index in [1.54, 1.807) is 12.3 Å². The van der Waals surface area contributed by atoms with Crippen LogP contribution >= 0.6 is 15.9 Å². The minimum absolute atomic E-state index is 0.255. The summed E-state index contributed by atoms with van der Waals surface area (Å²) < 4.78 is 38.9. The highest BCUT2D eigenvalue weighted by atomic mass is 79.9. The number of nitrogens with zero attached hydrogens (tertiary/aromatic N) is 1. The van der Waals surface area contributed by atoms with Gasteiger partial charge in [-0.2, -0.15) is 13.2 Å². The number of pyridine rings is 1. The van der Waals surface area contributed by atoms with Gasteiger partial charge in [0, 0.05) is 6.04 Å². The van der Waals surface area contributed by atoms with Crippen LogP contribution in [0.3, 0.4) is 0 Å². The number of anilines is 1. The van der Waals surface area contributed by atoms with Gasteiger partial charge >= 0.3 is 6.18 Å². The number of rotatable bonds is 3. The van der Waals surface area contributed by atoms with Crippen LogP contribution in [0, 0.1) is 6.92 Å². The van der Waals surface area contributed by atoms with Crippen molar-refractivity contribution in [3.8, 4) is 0 Å². The third kappa shape index (κ3) is 3.97. The summed E-state index contributed by atoms with van der Waals surface area (Å²) in [6.45, 7) is 3.71. The Labute approximate surface area is 129 Å². The molecule has 1 aromatic carbocycles. The van der Waals surface area contributed by atoms with E-state index in [4.69, 9.17) is 0 Å². The normalized spacial score (nSPS) is 13.0. The van der Waals surface area contributed by atoms with Gasteiger partial charge in [-0.05, 0) is 59.1 Å². The Morgan fingerprint density at radius 1 is 1.24 bits per heavy atom. The van der Waals surface area contributed by atoms with E-state index in [1.807, 2.05) is 19.9 Å². The number of hydrogen-bond acceptors (Lipinski definition) is 2. The van der Waals surface area contributed by atoms with E-state index in [-0.39, 0.29) is 6.04 Å². The highest BCUT2D eigenvalue weighted by molar-refractivity contribution is 9.10. The van der Waals surface area contributed by atoms with Gasteiger partial charge in [0.05, 0.1) is 17.4 Å². The van der Waals surface area contributed by atoms with Crippen LogP contribution in [0.5, 0.6) is 0 Å². The SMILES string of the molecule is Cc1cc(NC(C)c2cccc(C(F)(F)F)c2)cnc1Br. The van der Waals surface area contributed by atoms with Crippen molar-refractivity contribution >= 4 is 21.6 Å². The van der Waals surface area contributed by atoms with Gasteiger partial charge in [-0.3, -0.25) is 0 Å². The van der Waals surface area contributed by atoms with Gasteiger partial charge in [0.25, 0.3) is 0 Å². The van der Waals surface area contributed by atoms with Crippen LogP contribution in [-0.4, -0.2) is 4.98 Å². The molecule has 2 rings (SSSR count). The highest BCUT2D eigenvalue weighted by Crippen LogP contribution is 2.31. The van der Waals surface area contributed by atoms with Gasteiger partial charge in [-0.1, -0.05) is 12.1 Å². The van der Waals surface area contributed by atoms with E-state index < -0.39 is 11.7 Å². The Bertz CT molecular complexity index is 641. The number of benzene rings is 1. The quantitative estimate of drug-likeness (QED) is 0.748. The molecule has 0 aliphatic heterocycles. The van der Waals surface area contributed by atoms with Crippen LogP contribution in [0.1, 0.15) is 29.7 Å². The summed E-state index contributed by atoms with van der Waals surface area (Å²) >= 11 is 3.31. The first-order chi connectivity index (χ1) is 9.77. The predicted molar refractivity (Wildman–Crippen MR) is 80.2 cm³/mol. The van der Waals surface area contributed by atoms with E-state index in [2.05, 4.69) is 26.2 Å². The van der Waals surface area contributed by atoms with Crippen molar-refractivity contribution in [1.29, 1.82) is 0 Å². The lowest BCUT2D eigenvalue weighted by atomic mass is 10.0. The van der Waals surface area contributed by atoms with Gasteiger partial charge in [0.1, 0.15) is 4.60 Å². The maximum absolute atomic E-state index is 12.7. The van der Waals surface area contributed by atoms with Gasteiger partial charge in [0.2, 0.25) is 0 Å². The number of aryl methyl sites for hydroxylation is 1. The molecule has 2 nitrogen and oxygen atoms in total. The molecule has 1 aromatic heterocycles. The third-order valence-corrected chi connectivity index (χ3v) is 3.94. The number of hydrogen-bond donors (Lipinski definition) is 1. The fraction of sp³-hybridized carbons (Fsp3) is 0.267. The Kier molecular flexibility index (Phi) is 4.56. The molecule has 0 saturated heterocycles. The molecule has 0 aliphatic carbocycles. The van der Waals surface area contributed by atoms with E-state index >= 15 is 0 Å². The zero-order valence-electron chi connectivity index (χ0n) is 11.5. The molecule has 0 amide bonds. The molecule has 6 heteroatoms. The van der Waals surface area contributed by atoms with Crippen LogP contribution in [-0.2, 0) is 6.18 Å². The molecule has 0 spiro atoms. The molecule has 2 aromatic rings. The zero-order valence-corrected chi connectivity index (χ0v) is 13.1. The third-order valence-electron chi connectivity index (χ3n) is 3.11. The molecule has 0 saturated carbocycles. The molecule has 1 heterocycles. The van der Waals surface area contributed by atoms with Crippen LogP contribution < -0.4 is 5.32 Å². The minimum Gasteiger partial charge on any atom is -0.377 e. The fourth-order valence-corrected chi connectivity index (χ4v) is 2.17. The summed E-state index contributed by atoms with van der Waals surface area (Å²) in [6.07, 6.45) is -2.69. The van der Waals surface area contributed by atoms with Gasteiger partial charge < -0.3 is 5.32 Å². The van der Waals surface area contributed by atoms with Gasteiger partial charge in [-0.25, -0.2) is 4.98 Å².